The molecule has 7 heteroatoms. The predicted octanol–water partition coefficient (Wildman–Crippen LogP) is 2.01. The number of carbonyl (C=O) groups is 1. The van der Waals surface area contributed by atoms with E-state index in [1.807, 2.05) is 0 Å². The predicted molar refractivity (Wildman–Crippen MR) is 85.3 cm³/mol. The van der Waals surface area contributed by atoms with Crippen LogP contribution in [0.2, 0.25) is 0 Å². The summed E-state index contributed by atoms with van der Waals surface area (Å²) in [4.78, 5) is 29.1. The summed E-state index contributed by atoms with van der Waals surface area (Å²) in [6.07, 6.45) is 0. The second kappa shape index (κ2) is 4.78. The summed E-state index contributed by atoms with van der Waals surface area (Å²) in [5.74, 6) is -0.232. The highest BCUT2D eigenvalue weighted by Crippen LogP contribution is 2.25. The van der Waals surface area contributed by atoms with E-state index >= 15 is 0 Å². The average molecular weight is 347 g/mol. The number of benzene rings is 2. The third kappa shape index (κ3) is 2.43. The Morgan fingerprint density at radius 3 is 2.14 bits per heavy atom. The second-order valence-corrected chi connectivity index (χ2v) is 5.53. The zero-order chi connectivity index (χ0) is 15.1. The molecule has 1 aromatic heterocycles. The number of ketones is 1. The lowest BCUT2D eigenvalue weighted by molar-refractivity contribution is 0.103. The van der Waals surface area contributed by atoms with Crippen molar-refractivity contribution in [2.75, 3.05) is 11.5 Å². The Balaban J connectivity index is 2.16. The van der Waals surface area contributed by atoms with Crippen LogP contribution in [-0.2, 0) is 0 Å². The molecule has 0 radical (unpaired) electrons. The fourth-order valence-electron chi connectivity index (χ4n) is 2.19. The molecule has 0 aliphatic heterocycles. The summed E-state index contributed by atoms with van der Waals surface area (Å²) in [6, 6.07) is 8.00. The van der Waals surface area contributed by atoms with E-state index in [0.29, 0.717) is 38.0 Å². The molecular formula is C14H11BrN4O2. The molecule has 3 rings (SSSR count). The highest BCUT2D eigenvalue weighted by atomic mass is 79.9. The van der Waals surface area contributed by atoms with Crippen LogP contribution in [0, 0.1) is 0 Å². The van der Waals surface area contributed by atoms with Gasteiger partial charge >= 0.3 is 5.69 Å². The Morgan fingerprint density at radius 2 is 1.52 bits per heavy atom. The van der Waals surface area contributed by atoms with Gasteiger partial charge in [0.05, 0.1) is 11.0 Å². The first-order valence-corrected chi connectivity index (χ1v) is 6.85. The van der Waals surface area contributed by atoms with E-state index in [1.54, 1.807) is 30.3 Å². The molecule has 1 heterocycles. The van der Waals surface area contributed by atoms with E-state index in [-0.39, 0.29) is 11.5 Å². The van der Waals surface area contributed by atoms with E-state index in [1.165, 1.54) is 0 Å². The SMILES string of the molecule is Nc1cc(N)cc(C(=O)c2cc3[nH]c(=O)[nH]c3cc2Br)c1. The molecule has 106 valence electrons. The van der Waals surface area contributed by atoms with Crippen LogP contribution in [0.5, 0.6) is 0 Å². The molecule has 0 saturated carbocycles. The summed E-state index contributed by atoms with van der Waals surface area (Å²) in [5.41, 5.74) is 13.9. The standard InChI is InChI=1S/C14H11BrN4O2/c15-10-5-12-11(18-14(21)19-12)4-9(10)13(20)6-1-7(16)3-8(17)2-6/h1-5H,16-17H2,(H2,18,19,21). The van der Waals surface area contributed by atoms with Gasteiger partial charge in [-0.1, -0.05) is 0 Å². The van der Waals surface area contributed by atoms with Gasteiger partial charge in [0.25, 0.3) is 0 Å². The van der Waals surface area contributed by atoms with Gasteiger partial charge in [-0.05, 0) is 46.3 Å². The summed E-state index contributed by atoms with van der Waals surface area (Å²) in [6.45, 7) is 0. The molecule has 0 amide bonds. The number of anilines is 2. The molecule has 0 aliphatic rings. The number of imidazole rings is 1. The summed E-state index contributed by atoms with van der Waals surface area (Å²) < 4.78 is 0.580. The number of fused-ring (bicyclic) bond motifs is 1. The summed E-state index contributed by atoms with van der Waals surface area (Å²) in [5, 5.41) is 0. The van der Waals surface area contributed by atoms with Gasteiger partial charge in [-0.25, -0.2) is 4.79 Å². The Bertz CT molecular complexity index is 906. The number of nitrogens with two attached hydrogens (primary N) is 2. The largest absolute Gasteiger partial charge is 0.399 e. The van der Waals surface area contributed by atoms with E-state index in [4.69, 9.17) is 11.5 Å². The van der Waals surface area contributed by atoms with E-state index in [0.717, 1.165) is 0 Å². The van der Waals surface area contributed by atoms with Gasteiger partial charge in [0.15, 0.2) is 5.78 Å². The van der Waals surface area contributed by atoms with Gasteiger partial charge in [0.2, 0.25) is 0 Å². The smallest absolute Gasteiger partial charge is 0.323 e. The van der Waals surface area contributed by atoms with Crippen LogP contribution < -0.4 is 17.2 Å². The molecule has 6 nitrogen and oxygen atoms in total. The van der Waals surface area contributed by atoms with Crippen molar-refractivity contribution in [2.24, 2.45) is 0 Å². The minimum Gasteiger partial charge on any atom is -0.399 e. The number of halogens is 1. The second-order valence-electron chi connectivity index (χ2n) is 4.67. The van der Waals surface area contributed by atoms with Gasteiger partial charge < -0.3 is 21.4 Å². The van der Waals surface area contributed by atoms with Crippen LogP contribution in [0.3, 0.4) is 0 Å². The van der Waals surface area contributed by atoms with Crippen LogP contribution in [0.1, 0.15) is 15.9 Å². The first-order valence-electron chi connectivity index (χ1n) is 6.06. The maximum Gasteiger partial charge on any atom is 0.323 e. The number of aromatic nitrogens is 2. The minimum atomic E-state index is -0.324. The number of nitrogens with one attached hydrogen (secondary N) is 2. The number of hydrogen-bond acceptors (Lipinski definition) is 4. The third-order valence-electron chi connectivity index (χ3n) is 3.09. The van der Waals surface area contributed by atoms with Crippen LogP contribution in [-0.4, -0.2) is 15.8 Å². The molecule has 0 fully saturated rings. The van der Waals surface area contributed by atoms with Crippen LogP contribution in [0.15, 0.2) is 39.6 Å². The molecule has 0 bridgehead atoms. The molecule has 0 aliphatic carbocycles. The molecule has 3 aromatic rings. The van der Waals surface area contributed by atoms with Crippen molar-refractivity contribution in [3.63, 3.8) is 0 Å². The van der Waals surface area contributed by atoms with Crippen molar-refractivity contribution in [1.82, 2.24) is 9.97 Å². The van der Waals surface area contributed by atoms with Crippen molar-refractivity contribution in [3.8, 4) is 0 Å². The Hall–Kier alpha value is -2.54. The van der Waals surface area contributed by atoms with Crippen molar-refractivity contribution >= 4 is 44.1 Å². The number of carbonyl (C=O) groups excluding carboxylic acids is 1. The zero-order valence-corrected chi connectivity index (χ0v) is 12.3. The van der Waals surface area contributed by atoms with Gasteiger partial charge in [-0.15, -0.1) is 0 Å². The summed E-state index contributed by atoms with van der Waals surface area (Å²) in [7, 11) is 0. The fraction of sp³-hybridized carbons (Fsp3) is 0. The van der Waals surface area contributed by atoms with Crippen molar-refractivity contribution in [1.29, 1.82) is 0 Å². The minimum absolute atomic E-state index is 0.232. The highest BCUT2D eigenvalue weighted by molar-refractivity contribution is 9.10. The highest BCUT2D eigenvalue weighted by Gasteiger charge is 2.15. The van der Waals surface area contributed by atoms with Crippen molar-refractivity contribution in [3.05, 3.63) is 56.4 Å². The third-order valence-corrected chi connectivity index (χ3v) is 3.74. The first-order chi connectivity index (χ1) is 9.94. The topological polar surface area (TPSA) is 118 Å². The quantitative estimate of drug-likeness (QED) is 0.419. The number of H-pyrrole nitrogens is 2. The monoisotopic (exact) mass is 346 g/mol. The van der Waals surface area contributed by atoms with Gasteiger partial charge in [-0.2, -0.15) is 0 Å². The van der Waals surface area contributed by atoms with Crippen molar-refractivity contribution < 1.29 is 4.79 Å². The van der Waals surface area contributed by atoms with Crippen LogP contribution in [0.25, 0.3) is 11.0 Å². The van der Waals surface area contributed by atoms with Crippen LogP contribution in [0.4, 0.5) is 11.4 Å². The summed E-state index contributed by atoms with van der Waals surface area (Å²) >= 11 is 3.34. The van der Waals surface area contributed by atoms with E-state index < -0.39 is 0 Å². The number of rotatable bonds is 2. The van der Waals surface area contributed by atoms with Gasteiger partial charge in [0.1, 0.15) is 0 Å². The van der Waals surface area contributed by atoms with Crippen LogP contribution >= 0.6 is 15.9 Å². The first kappa shape index (κ1) is 13.4. The molecule has 0 spiro atoms. The molecular weight excluding hydrogens is 336 g/mol. The lowest BCUT2D eigenvalue weighted by Crippen LogP contribution is -2.04. The van der Waals surface area contributed by atoms with Gasteiger partial charge in [-0.3, -0.25) is 4.79 Å². The molecule has 6 N–H and O–H groups in total. The molecule has 0 unspecified atom stereocenters. The number of aromatic amines is 2. The fourth-order valence-corrected chi connectivity index (χ4v) is 2.72. The molecule has 0 atom stereocenters. The zero-order valence-electron chi connectivity index (χ0n) is 10.7. The maximum absolute atomic E-state index is 12.6. The Labute approximate surface area is 127 Å². The Kier molecular flexibility index (Phi) is 3.06. The average Bonchev–Trinajstić information content (AvgIpc) is 2.75. The Morgan fingerprint density at radius 1 is 0.952 bits per heavy atom. The number of hydrogen-bond donors (Lipinski definition) is 4. The number of nitrogen functional groups attached to an aromatic ring is 2. The van der Waals surface area contributed by atoms with E-state index in [9.17, 15) is 9.59 Å². The van der Waals surface area contributed by atoms with E-state index in [2.05, 4.69) is 25.9 Å². The molecule has 21 heavy (non-hydrogen) atoms. The maximum atomic E-state index is 12.6. The lowest BCUT2D eigenvalue weighted by atomic mass is 10.0. The molecule has 2 aromatic carbocycles. The van der Waals surface area contributed by atoms with Crippen molar-refractivity contribution in [2.45, 2.75) is 0 Å². The normalized spacial score (nSPS) is 10.9. The molecule has 0 saturated heterocycles. The van der Waals surface area contributed by atoms with Gasteiger partial charge in [0, 0.05) is 27.0 Å². The lowest BCUT2D eigenvalue weighted by Gasteiger charge is -2.06.